The molecule has 0 aromatic carbocycles. The second-order valence-electron chi connectivity index (χ2n) is 7.39. The highest BCUT2D eigenvalue weighted by molar-refractivity contribution is 5.81. The molecule has 2 aliphatic carbocycles. The molecule has 0 saturated heterocycles. The average Bonchev–Trinajstić information content (AvgIpc) is 2.95. The van der Waals surface area contributed by atoms with Crippen LogP contribution in [0.15, 0.2) is 0 Å². The number of ether oxygens (including phenoxy) is 1. The van der Waals surface area contributed by atoms with E-state index in [1.54, 1.807) is 0 Å². The largest absolute Gasteiger partial charge is 0.368 e. The zero-order valence-corrected chi connectivity index (χ0v) is 12.7. The molecule has 0 bridgehead atoms. The lowest BCUT2D eigenvalue weighted by Crippen LogP contribution is -2.47. The molecule has 1 N–H and O–H groups in total. The van der Waals surface area contributed by atoms with Crippen molar-refractivity contribution in [2.75, 3.05) is 6.61 Å². The molecule has 0 radical (unpaired) electrons. The summed E-state index contributed by atoms with van der Waals surface area (Å²) in [7, 11) is 0. The molecule has 1 atom stereocenters. The monoisotopic (exact) mass is 267 g/mol. The first-order valence-corrected chi connectivity index (χ1v) is 7.87. The van der Waals surface area contributed by atoms with Crippen LogP contribution in [0.3, 0.4) is 0 Å². The van der Waals surface area contributed by atoms with Crippen LogP contribution in [-0.2, 0) is 9.53 Å². The summed E-state index contributed by atoms with van der Waals surface area (Å²) < 4.78 is 5.97. The van der Waals surface area contributed by atoms with Gasteiger partial charge in [-0.1, -0.05) is 25.7 Å². The van der Waals surface area contributed by atoms with Gasteiger partial charge in [0, 0.05) is 5.54 Å². The van der Waals surface area contributed by atoms with Gasteiger partial charge in [-0.05, 0) is 51.9 Å². The van der Waals surface area contributed by atoms with Gasteiger partial charge >= 0.3 is 0 Å². The molecule has 110 valence electrons. The standard InChI is InChI=1S/C16H29NO2/c1-16(2,3)17-15(18)14(10-12-8-9-12)19-11-13-6-4-5-7-13/h12-14H,4-11H2,1-3H3,(H,17,18). The summed E-state index contributed by atoms with van der Waals surface area (Å²) in [5.74, 6) is 1.49. The maximum Gasteiger partial charge on any atom is 0.249 e. The highest BCUT2D eigenvalue weighted by atomic mass is 16.5. The number of rotatable bonds is 6. The predicted molar refractivity (Wildman–Crippen MR) is 76.9 cm³/mol. The molecular formula is C16H29NO2. The van der Waals surface area contributed by atoms with Crippen molar-refractivity contribution < 1.29 is 9.53 Å². The molecule has 2 saturated carbocycles. The molecule has 0 aliphatic heterocycles. The van der Waals surface area contributed by atoms with Gasteiger partial charge in [0.1, 0.15) is 6.10 Å². The zero-order chi connectivity index (χ0) is 13.9. The fourth-order valence-corrected chi connectivity index (χ4v) is 2.79. The van der Waals surface area contributed by atoms with Gasteiger partial charge in [-0.25, -0.2) is 0 Å². The van der Waals surface area contributed by atoms with Crippen LogP contribution in [0.5, 0.6) is 0 Å². The van der Waals surface area contributed by atoms with Gasteiger partial charge in [0.2, 0.25) is 5.91 Å². The molecule has 19 heavy (non-hydrogen) atoms. The molecule has 2 rings (SSSR count). The lowest BCUT2D eigenvalue weighted by molar-refractivity contribution is -0.136. The highest BCUT2D eigenvalue weighted by Crippen LogP contribution is 2.35. The van der Waals surface area contributed by atoms with Crippen LogP contribution in [0.25, 0.3) is 0 Å². The molecule has 1 unspecified atom stereocenters. The van der Waals surface area contributed by atoms with Crippen molar-refractivity contribution in [2.24, 2.45) is 11.8 Å². The van der Waals surface area contributed by atoms with Crippen molar-refractivity contribution in [1.29, 1.82) is 0 Å². The number of hydrogen-bond donors (Lipinski definition) is 1. The van der Waals surface area contributed by atoms with E-state index in [1.807, 2.05) is 20.8 Å². The third-order valence-corrected chi connectivity index (χ3v) is 4.04. The van der Waals surface area contributed by atoms with Crippen LogP contribution in [0.1, 0.15) is 65.7 Å². The first-order valence-electron chi connectivity index (χ1n) is 7.87. The molecule has 2 fully saturated rings. The lowest BCUT2D eigenvalue weighted by atomic mass is 10.1. The molecule has 3 heteroatoms. The molecule has 0 heterocycles. The summed E-state index contributed by atoms with van der Waals surface area (Å²) in [5.41, 5.74) is -0.171. The lowest BCUT2D eigenvalue weighted by Gasteiger charge is -2.26. The van der Waals surface area contributed by atoms with Crippen LogP contribution < -0.4 is 5.32 Å². The van der Waals surface area contributed by atoms with E-state index in [0.717, 1.165) is 18.9 Å². The van der Waals surface area contributed by atoms with E-state index < -0.39 is 0 Å². The molecule has 2 aliphatic rings. The van der Waals surface area contributed by atoms with Crippen LogP contribution in [0, 0.1) is 11.8 Å². The molecule has 0 aromatic rings. The van der Waals surface area contributed by atoms with E-state index in [9.17, 15) is 4.79 Å². The Morgan fingerprint density at radius 3 is 2.32 bits per heavy atom. The zero-order valence-electron chi connectivity index (χ0n) is 12.7. The van der Waals surface area contributed by atoms with Gasteiger partial charge < -0.3 is 10.1 Å². The first kappa shape index (κ1) is 14.8. The fraction of sp³-hybridized carbons (Fsp3) is 0.938. The Balaban J connectivity index is 1.81. The van der Waals surface area contributed by atoms with Crippen molar-refractivity contribution in [3.8, 4) is 0 Å². The molecule has 0 aromatic heterocycles. The quantitative estimate of drug-likeness (QED) is 0.802. The van der Waals surface area contributed by atoms with E-state index in [2.05, 4.69) is 5.32 Å². The SMILES string of the molecule is CC(C)(C)NC(=O)C(CC1CC1)OCC1CCCC1. The topological polar surface area (TPSA) is 38.3 Å². The van der Waals surface area contributed by atoms with Crippen LogP contribution in [-0.4, -0.2) is 24.2 Å². The Morgan fingerprint density at radius 2 is 1.79 bits per heavy atom. The highest BCUT2D eigenvalue weighted by Gasteiger charge is 2.32. The summed E-state index contributed by atoms with van der Waals surface area (Å²) in [6, 6.07) is 0. The number of amides is 1. The van der Waals surface area contributed by atoms with Gasteiger partial charge in [-0.2, -0.15) is 0 Å². The maximum atomic E-state index is 12.3. The minimum Gasteiger partial charge on any atom is -0.368 e. The van der Waals surface area contributed by atoms with Crippen molar-refractivity contribution in [2.45, 2.75) is 77.4 Å². The van der Waals surface area contributed by atoms with E-state index >= 15 is 0 Å². The fourth-order valence-electron chi connectivity index (χ4n) is 2.79. The number of carbonyl (C=O) groups is 1. The molecule has 3 nitrogen and oxygen atoms in total. The Hall–Kier alpha value is -0.570. The van der Waals surface area contributed by atoms with Gasteiger partial charge in [-0.3, -0.25) is 4.79 Å². The maximum absolute atomic E-state index is 12.3. The van der Waals surface area contributed by atoms with E-state index in [4.69, 9.17) is 4.74 Å². The summed E-state index contributed by atoms with van der Waals surface area (Å²) >= 11 is 0. The molecule has 1 amide bonds. The normalized spacial score (nSPS) is 22.5. The summed E-state index contributed by atoms with van der Waals surface area (Å²) in [6.07, 6.45) is 8.43. The van der Waals surface area contributed by atoms with Crippen molar-refractivity contribution >= 4 is 5.91 Å². The second kappa shape index (κ2) is 6.25. The van der Waals surface area contributed by atoms with E-state index in [-0.39, 0.29) is 17.6 Å². The summed E-state index contributed by atoms with van der Waals surface area (Å²) in [5, 5.41) is 3.06. The Kier molecular flexibility index (Phi) is 4.88. The Labute approximate surface area is 117 Å². The average molecular weight is 267 g/mol. The van der Waals surface area contributed by atoms with Crippen molar-refractivity contribution in [3.63, 3.8) is 0 Å². The smallest absolute Gasteiger partial charge is 0.249 e. The van der Waals surface area contributed by atoms with Gasteiger partial charge in [0.15, 0.2) is 0 Å². The van der Waals surface area contributed by atoms with E-state index in [0.29, 0.717) is 5.92 Å². The predicted octanol–water partition coefficient (Wildman–Crippen LogP) is 3.28. The van der Waals surface area contributed by atoms with E-state index in [1.165, 1.54) is 38.5 Å². The third-order valence-electron chi connectivity index (χ3n) is 4.04. The van der Waals surface area contributed by atoms with Crippen molar-refractivity contribution in [1.82, 2.24) is 5.32 Å². The van der Waals surface area contributed by atoms with Crippen LogP contribution in [0.2, 0.25) is 0 Å². The van der Waals surface area contributed by atoms with Gasteiger partial charge in [0.25, 0.3) is 0 Å². The minimum absolute atomic E-state index is 0.0809. The van der Waals surface area contributed by atoms with Crippen LogP contribution >= 0.6 is 0 Å². The minimum atomic E-state index is -0.229. The summed E-state index contributed by atoms with van der Waals surface area (Å²) in [6.45, 7) is 6.84. The Bertz CT molecular complexity index is 298. The number of nitrogens with one attached hydrogen (secondary N) is 1. The van der Waals surface area contributed by atoms with Gasteiger partial charge in [0.05, 0.1) is 6.61 Å². The number of carbonyl (C=O) groups excluding carboxylic acids is 1. The molecular weight excluding hydrogens is 238 g/mol. The summed E-state index contributed by atoms with van der Waals surface area (Å²) in [4.78, 5) is 12.3. The Morgan fingerprint density at radius 1 is 1.16 bits per heavy atom. The molecule has 0 spiro atoms. The number of hydrogen-bond acceptors (Lipinski definition) is 2. The van der Waals surface area contributed by atoms with Gasteiger partial charge in [-0.15, -0.1) is 0 Å². The first-order chi connectivity index (χ1) is 8.94. The second-order valence-corrected chi connectivity index (χ2v) is 7.39. The van der Waals surface area contributed by atoms with Crippen LogP contribution in [0.4, 0.5) is 0 Å². The third kappa shape index (κ3) is 5.52. The van der Waals surface area contributed by atoms with Crippen molar-refractivity contribution in [3.05, 3.63) is 0 Å².